The normalized spacial score (nSPS) is 25.4. The van der Waals surface area contributed by atoms with E-state index in [2.05, 4.69) is 31.2 Å². The lowest BCUT2D eigenvalue weighted by atomic mass is 9.91. The van der Waals surface area contributed by atoms with E-state index in [1.165, 1.54) is 99.8 Å². The molecular weight excluding hydrogens is 1210 g/mol. The van der Waals surface area contributed by atoms with Gasteiger partial charge in [-0.2, -0.15) is 0 Å². The highest BCUT2D eigenvalue weighted by Crippen LogP contribution is 2.27. The van der Waals surface area contributed by atoms with E-state index in [0.717, 1.165) is 9.80 Å². The molecule has 0 bridgehead atoms. The Morgan fingerprint density at radius 3 is 1.48 bits per heavy atom. The number of nitrogens with two attached hydrogens (primary N) is 1. The fraction of sp³-hybridized carbons (Fsp3) is 0.716. The second kappa shape index (κ2) is 35.2. The highest BCUT2D eigenvalue weighted by molar-refractivity contribution is 6.00. The molecule has 12 unspecified atom stereocenters. The number of carbonyl (C=O) groups excluding carboxylic acids is 12. The topological polar surface area (TPSA) is 351 Å². The molecule has 27 nitrogen and oxygen atoms in total. The van der Waals surface area contributed by atoms with Gasteiger partial charge in [-0.25, -0.2) is 4.98 Å². The van der Waals surface area contributed by atoms with E-state index in [9.17, 15) is 43.5 Å². The molecule has 2 aromatic rings. The molecule has 0 saturated carbocycles. The zero-order valence-electron chi connectivity index (χ0n) is 60.1. The van der Waals surface area contributed by atoms with E-state index in [1.807, 2.05) is 55.4 Å². The lowest BCUT2D eigenvalue weighted by Crippen LogP contribution is -2.63. The first-order chi connectivity index (χ1) is 43.5. The number of nitrogens with one attached hydrogen (secondary N) is 5. The second-order valence-corrected chi connectivity index (χ2v) is 28.3. The average Bonchev–Trinajstić information content (AvgIpc) is 0.992. The molecule has 1 aromatic carbocycles. The van der Waals surface area contributed by atoms with E-state index in [4.69, 9.17) is 5.73 Å². The maximum atomic E-state index is 15.4. The Hall–Kier alpha value is -7.71. The molecule has 0 radical (unpaired) electrons. The van der Waals surface area contributed by atoms with E-state index in [0.29, 0.717) is 16.9 Å². The van der Waals surface area contributed by atoms with E-state index in [1.54, 1.807) is 47.6 Å². The number of aliphatic hydroxyl groups excluding tert-OH is 1. The van der Waals surface area contributed by atoms with Crippen LogP contribution in [0.5, 0.6) is 0 Å². The number of aliphatic hydroxyl groups is 1. The first-order valence-electron chi connectivity index (χ1n) is 33.0. The van der Waals surface area contributed by atoms with Crippen LogP contribution < -0.4 is 27.0 Å². The molecule has 1 saturated heterocycles. The van der Waals surface area contributed by atoms with Crippen LogP contribution in [-0.2, 0) is 59.2 Å². The summed E-state index contributed by atoms with van der Waals surface area (Å²) in [6, 6.07) is -8.23. The monoisotopic (exact) mass is 1320 g/mol. The molecule has 2 heterocycles. The predicted molar refractivity (Wildman–Crippen MR) is 357 cm³/mol. The summed E-state index contributed by atoms with van der Waals surface area (Å²) in [4.78, 5) is 190. The third-order valence-electron chi connectivity index (χ3n) is 17.7. The number of benzene rings is 1. The molecule has 1 fully saturated rings. The van der Waals surface area contributed by atoms with Gasteiger partial charge in [-0.1, -0.05) is 96.9 Å². The molecule has 27 heteroatoms. The fourth-order valence-electron chi connectivity index (χ4n) is 11.9. The number of nitrogens with zero attached hydrogens (tertiary/aromatic N) is 8. The standard InChI is InChI=1S/C67H112N14O13/c1-24-44-63(90)75(17)33-52(82)76(18)47(27-34(2)3)60(87)74-53(38(10)11)66(93)77(19)48(28-35(4)5)59(86)69-41(15)58(85)70-42(16)62(89)78(20)49(29-36(6)7)64(91)79(21)50(30-37(8)9)65(92)80(22)54(39(12)13)67(94)81(23)55(61(88)73-44)56(83)40(14)31-51-71-45-26-25-43(57(68)84)32-46(45)72-51/h25-26,32,34-42,44,47-50,53-56,83H,24,27-31,33H2,1-23H3,(H2,68,84)(H,69,86)(H,70,85)(H,71,72)(H,73,88)(H,74,87). The number of carbonyl (C=O) groups is 12. The SMILES string of the molecule is CCC1NC(=O)C(C(O)C(C)Cc2nc3ccc(C(N)=O)cc3[nH]2)N(C)C(=O)C(C(C)C)N(C)C(=O)C(CC(C)C)N(C)C(=O)C(CC(C)C)N(C)C(=O)C(C)NC(=O)C(C)NC(=O)C(CC(C)C)N(C)C(=O)C(C(C)C)NC(=O)C(CC(C)C)N(C)C(=O)CN(C)C1=O. The quantitative estimate of drug-likeness (QED) is 0.127. The number of amides is 12. The molecule has 0 aliphatic carbocycles. The number of rotatable bonds is 16. The van der Waals surface area contributed by atoms with Crippen molar-refractivity contribution in [2.45, 2.75) is 216 Å². The maximum Gasteiger partial charge on any atom is 0.248 e. The lowest BCUT2D eigenvalue weighted by Gasteiger charge is -2.41. The largest absolute Gasteiger partial charge is 0.390 e. The smallest absolute Gasteiger partial charge is 0.248 e. The van der Waals surface area contributed by atoms with Gasteiger partial charge in [0.2, 0.25) is 70.9 Å². The Morgan fingerprint density at radius 1 is 0.532 bits per heavy atom. The van der Waals surface area contributed by atoms with E-state index in [-0.39, 0.29) is 67.8 Å². The van der Waals surface area contributed by atoms with Gasteiger partial charge >= 0.3 is 0 Å². The number of aromatic amines is 1. The van der Waals surface area contributed by atoms with Crippen molar-refractivity contribution in [1.29, 1.82) is 0 Å². The van der Waals surface area contributed by atoms with Crippen LogP contribution in [0.3, 0.4) is 0 Å². The van der Waals surface area contributed by atoms with Crippen LogP contribution in [0.2, 0.25) is 0 Å². The molecule has 8 N–H and O–H groups in total. The highest BCUT2D eigenvalue weighted by Gasteiger charge is 2.46. The summed E-state index contributed by atoms with van der Waals surface area (Å²) in [5.74, 6) is -10.9. The van der Waals surface area contributed by atoms with Crippen molar-refractivity contribution in [2.75, 3.05) is 55.9 Å². The van der Waals surface area contributed by atoms with Gasteiger partial charge in [0.15, 0.2) is 0 Å². The van der Waals surface area contributed by atoms with E-state index < -0.39 is 162 Å². The third kappa shape index (κ3) is 20.9. The van der Waals surface area contributed by atoms with Crippen LogP contribution in [-0.4, -0.2) is 243 Å². The van der Waals surface area contributed by atoms with Crippen LogP contribution in [0.25, 0.3) is 11.0 Å². The summed E-state index contributed by atoms with van der Waals surface area (Å²) in [7, 11) is 9.75. The van der Waals surface area contributed by atoms with Gasteiger partial charge in [-0.15, -0.1) is 0 Å². The van der Waals surface area contributed by atoms with Gasteiger partial charge < -0.3 is 71.4 Å². The predicted octanol–water partition coefficient (Wildman–Crippen LogP) is 2.52. The number of imidazole rings is 1. The Balaban J connectivity index is 2.33. The van der Waals surface area contributed by atoms with Crippen molar-refractivity contribution in [3.63, 3.8) is 0 Å². The zero-order chi connectivity index (χ0) is 72.0. The number of aromatic nitrogens is 2. The van der Waals surface area contributed by atoms with Gasteiger partial charge in [0.25, 0.3) is 0 Å². The number of hydrogen-bond donors (Lipinski definition) is 7. The maximum absolute atomic E-state index is 15.4. The Kier molecular flexibility index (Phi) is 30.1. The van der Waals surface area contributed by atoms with Crippen molar-refractivity contribution < 1.29 is 62.6 Å². The molecule has 1 aliphatic heterocycles. The number of hydrogen-bond acceptors (Lipinski definition) is 14. The first-order valence-corrected chi connectivity index (χ1v) is 33.0. The van der Waals surface area contributed by atoms with E-state index >= 15 is 19.2 Å². The van der Waals surface area contributed by atoms with Crippen molar-refractivity contribution in [3.8, 4) is 0 Å². The van der Waals surface area contributed by atoms with Gasteiger partial charge in [0.1, 0.15) is 66.2 Å². The van der Waals surface area contributed by atoms with Crippen LogP contribution in [0.4, 0.5) is 0 Å². The van der Waals surface area contributed by atoms with Crippen molar-refractivity contribution in [1.82, 2.24) is 65.5 Å². The molecule has 1 aliphatic rings. The van der Waals surface area contributed by atoms with Gasteiger partial charge in [-0.3, -0.25) is 57.5 Å². The number of primary amides is 1. The van der Waals surface area contributed by atoms with Gasteiger partial charge in [-0.05, 0) is 106 Å². The first kappa shape index (κ1) is 80.5. The summed E-state index contributed by atoms with van der Waals surface area (Å²) < 4.78 is 0. The molecule has 12 atom stereocenters. The molecule has 12 amide bonds. The second-order valence-electron chi connectivity index (χ2n) is 28.3. The Morgan fingerprint density at radius 2 is 0.989 bits per heavy atom. The highest BCUT2D eigenvalue weighted by atomic mass is 16.3. The zero-order valence-corrected chi connectivity index (χ0v) is 60.1. The number of H-pyrrole nitrogens is 1. The molecule has 94 heavy (non-hydrogen) atoms. The molecule has 528 valence electrons. The fourth-order valence-corrected chi connectivity index (χ4v) is 11.9. The summed E-state index contributed by atoms with van der Waals surface area (Å²) in [5, 5.41) is 23.5. The van der Waals surface area contributed by atoms with Crippen LogP contribution in [0.1, 0.15) is 159 Å². The van der Waals surface area contributed by atoms with Gasteiger partial charge in [0.05, 0.1) is 23.7 Å². The molecule has 0 spiro atoms. The lowest BCUT2D eigenvalue weighted by molar-refractivity contribution is -0.157. The number of fused-ring (bicyclic) bond motifs is 1. The number of likely N-dealkylation sites (N-methyl/N-ethyl adjacent to an activating group) is 7. The minimum Gasteiger partial charge on any atom is -0.390 e. The van der Waals surface area contributed by atoms with Crippen LogP contribution in [0, 0.1) is 41.4 Å². The van der Waals surface area contributed by atoms with Crippen molar-refractivity contribution in [3.05, 3.63) is 29.6 Å². The van der Waals surface area contributed by atoms with Crippen molar-refractivity contribution >= 4 is 81.9 Å². The minimum absolute atomic E-state index is 0.00475. The Labute approximate surface area is 556 Å². The molecule has 1 aromatic heterocycles. The molecular formula is C67H112N14O13. The van der Waals surface area contributed by atoms with Crippen LogP contribution >= 0.6 is 0 Å². The molecule has 3 rings (SSSR count). The minimum atomic E-state index is -1.76. The van der Waals surface area contributed by atoms with Gasteiger partial charge in [0, 0.05) is 61.3 Å². The average molecular weight is 1320 g/mol. The van der Waals surface area contributed by atoms with Crippen molar-refractivity contribution in [2.24, 2.45) is 47.2 Å². The summed E-state index contributed by atoms with van der Waals surface area (Å²) >= 11 is 0. The Bertz CT molecular complexity index is 3020. The van der Waals surface area contributed by atoms with Crippen LogP contribution in [0.15, 0.2) is 18.2 Å². The summed E-state index contributed by atoms with van der Waals surface area (Å²) in [6.45, 7) is 27.2. The summed E-state index contributed by atoms with van der Waals surface area (Å²) in [5.41, 5.74) is 6.72. The third-order valence-corrected chi connectivity index (χ3v) is 17.7. The summed E-state index contributed by atoms with van der Waals surface area (Å²) in [6.07, 6.45) is -1.24.